The van der Waals surface area contributed by atoms with Crippen molar-refractivity contribution in [3.63, 3.8) is 0 Å². The van der Waals surface area contributed by atoms with E-state index in [4.69, 9.17) is 0 Å². The number of nitrogens with one attached hydrogen (secondary N) is 1. The summed E-state index contributed by atoms with van der Waals surface area (Å²) in [5.74, 6) is 1.84. The van der Waals surface area contributed by atoms with Crippen LogP contribution < -0.4 is 5.32 Å². The van der Waals surface area contributed by atoms with Crippen LogP contribution in [0.25, 0.3) is 0 Å². The van der Waals surface area contributed by atoms with Gasteiger partial charge in [-0.05, 0) is 25.2 Å². The summed E-state index contributed by atoms with van der Waals surface area (Å²) in [6, 6.07) is 0.365. The van der Waals surface area contributed by atoms with Crippen LogP contribution in [0.5, 0.6) is 0 Å². The summed E-state index contributed by atoms with van der Waals surface area (Å²) in [5, 5.41) is 3.24. The minimum Gasteiger partial charge on any atom is -0.353 e. The van der Waals surface area contributed by atoms with Gasteiger partial charge in [-0.3, -0.25) is 4.79 Å². The average Bonchev–Trinajstić information content (AvgIpc) is 2.89. The fourth-order valence-corrected chi connectivity index (χ4v) is 3.23. The number of imidazole rings is 1. The number of aryl methyl sites for hydroxylation is 2. The van der Waals surface area contributed by atoms with Gasteiger partial charge in [0.25, 0.3) is 0 Å². The fourth-order valence-electron chi connectivity index (χ4n) is 3.23. The zero-order chi connectivity index (χ0) is 14.4. The van der Waals surface area contributed by atoms with Crippen molar-refractivity contribution in [1.29, 1.82) is 0 Å². The van der Waals surface area contributed by atoms with Crippen molar-refractivity contribution in [2.24, 2.45) is 13.0 Å². The zero-order valence-electron chi connectivity index (χ0n) is 12.8. The van der Waals surface area contributed by atoms with E-state index in [-0.39, 0.29) is 5.91 Å². The van der Waals surface area contributed by atoms with Crippen molar-refractivity contribution >= 4 is 5.91 Å². The predicted octanol–water partition coefficient (Wildman–Crippen LogP) is 2.83. The lowest BCUT2D eigenvalue weighted by molar-refractivity contribution is -0.122. The molecule has 1 aliphatic rings. The van der Waals surface area contributed by atoms with Crippen molar-refractivity contribution in [1.82, 2.24) is 14.9 Å². The highest BCUT2D eigenvalue weighted by Gasteiger charge is 2.23. The first-order valence-corrected chi connectivity index (χ1v) is 7.96. The minimum atomic E-state index is 0.172. The number of carbonyl (C=O) groups excluding carboxylic acids is 1. The Bertz CT molecular complexity index is 421. The third-order valence-electron chi connectivity index (χ3n) is 4.50. The molecule has 1 atom stereocenters. The summed E-state index contributed by atoms with van der Waals surface area (Å²) >= 11 is 0. The van der Waals surface area contributed by atoms with E-state index in [1.54, 1.807) is 6.20 Å². The number of aromatic nitrogens is 2. The van der Waals surface area contributed by atoms with Crippen molar-refractivity contribution in [3.05, 3.63) is 18.2 Å². The SMILES string of the molecule is CCC(NC(=O)CCc1nccn1C)C1CCCCC1. The average molecular weight is 277 g/mol. The lowest BCUT2D eigenvalue weighted by atomic mass is 9.83. The molecule has 1 saturated carbocycles. The highest BCUT2D eigenvalue weighted by molar-refractivity contribution is 5.76. The molecule has 1 aliphatic carbocycles. The maximum atomic E-state index is 12.1. The van der Waals surface area contributed by atoms with Gasteiger partial charge in [0.15, 0.2) is 0 Å². The van der Waals surface area contributed by atoms with Crippen LogP contribution in [0.2, 0.25) is 0 Å². The summed E-state index contributed by atoms with van der Waals surface area (Å²) in [5.41, 5.74) is 0. The molecule has 0 aliphatic heterocycles. The number of rotatable bonds is 6. The van der Waals surface area contributed by atoms with E-state index in [1.165, 1.54) is 32.1 Å². The van der Waals surface area contributed by atoms with E-state index >= 15 is 0 Å². The summed E-state index contributed by atoms with van der Waals surface area (Å²) in [6.45, 7) is 2.18. The normalized spacial score (nSPS) is 17.9. The number of hydrogen-bond acceptors (Lipinski definition) is 2. The Morgan fingerprint density at radius 3 is 2.80 bits per heavy atom. The van der Waals surface area contributed by atoms with Crippen molar-refractivity contribution in [2.75, 3.05) is 0 Å². The van der Waals surface area contributed by atoms with Gasteiger partial charge in [-0.15, -0.1) is 0 Å². The van der Waals surface area contributed by atoms with Crippen LogP contribution in [0.4, 0.5) is 0 Å². The van der Waals surface area contributed by atoms with E-state index in [0.29, 0.717) is 18.4 Å². The fraction of sp³-hybridized carbons (Fsp3) is 0.750. The molecule has 4 heteroatoms. The smallest absolute Gasteiger partial charge is 0.220 e. The first-order valence-electron chi connectivity index (χ1n) is 7.96. The van der Waals surface area contributed by atoms with Gasteiger partial charge in [0.2, 0.25) is 5.91 Å². The molecule has 1 N–H and O–H groups in total. The summed E-state index contributed by atoms with van der Waals surface area (Å²) in [6.07, 6.45) is 12.6. The molecule has 2 rings (SSSR count). The molecule has 112 valence electrons. The second-order valence-corrected chi connectivity index (χ2v) is 5.93. The first kappa shape index (κ1) is 15.1. The molecule has 1 amide bonds. The van der Waals surface area contributed by atoms with Crippen molar-refractivity contribution in [2.45, 2.75) is 64.3 Å². The molecule has 20 heavy (non-hydrogen) atoms. The van der Waals surface area contributed by atoms with Crippen LogP contribution in [0, 0.1) is 5.92 Å². The van der Waals surface area contributed by atoms with E-state index in [2.05, 4.69) is 17.2 Å². The Kier molecular flexibility index (Phi) is 5.62. The van der Waals surface area contributed by atoms with E-state index in [0.717, 1.165) is 18.7 Å². The van der Waals surface area contributed by atoms with Crippen LogP contribution in [-0.2, 0) is 18.3 Å². The van der Waals surface area contributed by atoms with E-state index in [1.807, 2.05) is 17.8 Å². The lowest BCUT2D eigenvalue weighted by Crippen LogP contribution is -2.40. The van der Waals surface area contributed by atoms with Crippen LogP contribution in [0.15, 0.2) is 12.4 Å². The molecule has 1 fully saturated rings. The van der Waals surface area contributed by atoms with Gasteiger partial charge in [-0.25, -0.2) is 4.98 Å². The maximum Gasteiger partial charge on any atom is 0.220 e. The van der Waals surface area contributed by atoms with Gasteiger partial charge >= 0.3 is 0 Å². The van der Waals surface area contributed by atoms with Gasteiger partial charge in [0.1, 0.15) is 5.82 Å². The molecule has 0 aromatic carbocycles. The third-order valence-corrected chi connectivity index (χ3v) is 4.50. The van der Waals surface area contributed by atoms with Crippen LogP contribution in [-0.4, -0.2) is 21.5 Å². The topological polar surface area (TPSA) is 46.9 Å². The monoisotopic (exact) mass is 277 g/mol. The molecular weight excluding hydrogens is 250 g/mol. The molecule has 1 heterocycles. The Morgan fingerprint density at radius 1 is 1.45 bits per heavy atom. The molecule has 0 saturated heterocycles. The molecule has 0 spiro atoms. The first-order chi connectivity index (χ1) is 9.70. The van der Waals surface area contributed by atoms with Gasteiger partial charge in [0.05, 0.1) is 0 Å². The molecule has 4 nitrogen and oxygen atoms in total. The highest BCUT2D eigenvalue weighted by Crippen LogP contribution is 2.27. The predicted molar refractivity (Wildman–Crippen MR) is 80.3 cm³/mol. The van der Waals surface area contributed by atoms with Crippen molar-refractivity contribution < 1.29 is 4.79 Å². The number of amides is 1. The zero-order valence-corrected chi connectivity index (χ0v) is 12.8. The Hall–Kier alpha value is -1.32. The molecule has 0 bridgehead atoms. The third kappa shape index (κ3) is 4.09. The van der Waals surface area contributed by atoms with Crippen LogP contribution in [0.3, 0.4) is 0 Å². The van der Waals surface area contributed by atoms with Gasteiger partial charge in [-0.1, -0.05) is 26.2 Å². The molecule has 1 aromatic rings. The molecule has 0 radical (unpaired) electrons. The van der Waals surface area contributed by atoms with E-state index < -0.39 is 0 Å². The Balaban J connectivity index is 1.78. The van der Waals surface area contributed by atoms with Crippen LogP contribution >= 0.6 is 0 Å². The second kappa shape index (κ2) is 7.46. The summed E-state index contributed by atoms with van der Waals surface area (Å²) < 4.78 is 1.98. The number of carbonyl (C=O) groups is 1. The molecule has 1 unspecified atom stereocenters. The van der Waals surface area contributed by atoms with Gasteiger partial charge < -0.3 is 9.88 Å². The quantitative estimate of drug-likeness (QED) is 0.869. The number of hydrogen-bond donors (Lipinski definition) is 1. The Morgan fingerprint density at radius 2 is 2.20 bits per heavy atom. The van der Waals surface area contributed by atoms with Crippen LogP contribution in [0.1, 0.15) is 57.7 Å². The highest BCUT2D eigenvalue weighted by atomic mass is 16.1. The van der Waals surface area contributed by atoms with Crippen molar-refractivity contribution in [3.8, 4) is 0 Å². The largest absolute Gasteiger partial charge is 0.353 e. The van der Waals surface area contributed by atoms with E-state index in [9.17, 15) is 4.79 Å². The standard InChI is InChI=1S/C16H27N3O/c1-3-14(13-7-5-4-6-8-13)18-16(20)10-9-15-17-11-12-19(15)2/h11-14H,3-10H2,1-2H3,(H,18,20). The molecule has 1 aromatic heterocycles. The minimum absolute atomic E-state index is 0.172. The van der Waals surface area contributed by atoms with Gasteiger partial charge in [-0.2, -0.15) is 0 Å². The number of nitrogens with zero attached hydrogens (tertiary/aromatic N) is 2. The summed E-state index contributed by atoms with van der Waals surface area (Å²) in [4.78, 5) is 16.4. The maximum absolute atomic E-state index is 12.1. The summed E-state index contributed by atoms with van der Waals surface area (Å²) in [7, 11) is 1.97. The van der Waals surface area contributed by atoms with Gasteiger partial charge in [0, 0.05) is 38.3 Å². The second-order valence-electron chi connectivity index (χ2n) is 5.93. The Labute approximate surface area is 122 Å². The lowest BCUT2D eigenvalue weighted by Gasteiger charge is -2.30. The molecular formula is C16H27N3O.